The maximum Gasteiger partial charge on any atom is 0.247 e. The number of benzene rings is 1. The number of nitrogens with zero attached hydrogens (tertiary/aromatic N) is 2. The summed E-state index contributed by atoms with van der Waals surface area (Å²) in [5.74, 6) is 2.13. The van der Waals surface area contributed by atoms with Gasteiger partial charge >= 0.3 is 0 Å². The average molecular weight is 297 g/mol. The summed E-state index contributed by atoms with van der Waals surface area (Å²) in [5.41, 5.74) is 1.96. The van der Waals surface area contributed by atoms with Gasteiger partial charge in [-0.1, -0.05) is 6.07 Å². The van der Waals surface area contributed by atoms with Crippen LogP contribution in [0.1, 0.15) is 25.0 Å². The smallest absolute Gasteiger partial charge is 0.247 e. The Bertz CT molecular complexity index is 719. The molecule has 0 aliphatic carbocycles. The van der Waals surface area contributed by atoms with Crippen LogP contribution in [0.2, 0.25) is 0 Å². The first-order valence-corrected chi connectivity index (χ1v) is 7.40. The number of hydrogen-bond acceptors (Lipinski definition) is 5. The number of anilines is 1. The van der Waals surface area contributed by atoms with Crippen molar-refractivity contribution in [2.75, 3.05) is 5.32 Å². The summed E-state index contributed by atoms with van der Waals surface area (Å²) >= 11 is 0. The summed E-state index contributed by atoms with van der Waals surface area (Å²) < 4.78 is 10.8. The fourth-order valence-electron chi connectivity index (χ4n) is 2.33. The third kappa shape index (κ3) is 3.55. The van der Waals surface area contributed by atoms with Crippen LogP contribution in [-0.4, -0.2) is 16.2 Å². The van der Waals surface area contributed by atoms with Crippen molar-refractivity contribution < 1.29 is 8.83 Å². The van der Waals surface area contributed by atoms with Gasteiger partial charge in [0.2, 0.25) is 11.8 Å². The molecule has 0 fully saturated rings. The number of furan rings is 1. The first-order chi connectivity index (χ1) is 10.7. The van der Waals surface area contributed by atoms with E-state index in [0.717, 1.165) is 29.9 Å². The van der Waals surface area contributed by atoms with E-state index in [1.165, 1.54) is 0 Å². The van der Waals surface area contributed by atoms with E-state index in [0.29, 0.717) is 17.8 Å². The highest BCUT2D eigenvalue weighted by atomic mass is 16.4. The van der Waals surface area contributed by atoms with Crippen LogP contribution in [0.4, 0.5) is 5.69 Å². The third-order valence-electron chi connectivity index (χ3n) is 3.45. The lowest BCUT2D eigenvalue weighted by Crippen LogP contribution is -2.15. The molecule has 0 unspecified atom stereocenters. The molecule has 2 heterocycles. The van der Waals surface area contributed by atoms with Crippen LogP contribution >= 0.6 is 0 Å². The highest BCUT2D eigenvalue weighted by molar-refractivity contribution is 5.61. The fraction of sp³-hybridized carbons (Fsp3) is 0.294. The minimum Gasteiger partial charge on any atom is -0.469 e. The second-order valence-electron chi connectivity index (χ2n) is 5.37. The highest BCUT2D eigenvalue weighted by Gasteiger charge is 2.08. The van der Waals surface area contributed by atoms with Crippen molar-refractivity contribution >= 4 is 5.69 Å². The fourth-order valence-corrected chi connectivity index (χ4v) is 2.33. The van der Waals surface area contributed by atoms with Crippen LogP contribution in [0.3, 0.4) is 0 Å². The second-order valence-corrected chi connectivity index (χ2v) is 5.37. The van der Waals surface area contributed by atoms with Crippen molar-refractivity contribution in [2.45, 2.75) is 32.7 Å². The van der Waals surface area contributed by atoms with Gasteiger partial charge in [-0.3, -0.25) is 0 Å². The molecule has 0 spiro atoms. The summed E-state index contributed by atoms with van der Waals surface area (Å²) in [4.78, 5) is 0. The predicted molar refractivity (Wildman–Crippen MR) is 84.6 cm³/mol. The van der Waals surface area contributed by atoms with Crippen molar-refractivity contribution in [1.82, 2.24) is 10.2 Å². The van der Waals surface area contributed by atoms with Gasteiger partial charge in [-0.2, -0.15) is 0 Å². The normalized spacial score (nSPS) is 12.3. The Morgan fingerprint density at radius 2 is 2.09 bits per heavy atom. The predicted octanol–water partition coefficient (Wildman–Crippen LogP) is 4.07. The minimum absolute atomic E-state index is 0.338. The Morgan fingerprint density at radius 3 is 2.82 bits per heavy atom. The molecular formula is C17H19N3O2. The van der Waals surface area contributed by atoms with Gasteiger partial charge in [0, 0.05) is 30.6 Å². The molecule has 0 bridgehead atoms. The number of aryl methyl sites for hydroxylation is 2. The summed E-state index contributed by atoms with van der Waals surface area (Å²) in [7, 11) is 0. The van der Waals surface area contributed by atoms with Gasteiger partial charge in [0.25, 0.3) is 0 Å². The first-order valence-electron chi connectivity index (χ1n) is 7.40. The van der Waals surface area contributed by atoms with Crippen LogP contribution < -0.4 is 5.32 Å². The van der Waals surface area contributed by atoms with Crippen molar-refractivity contribution in [3.8, 4) is 11.5 Å². The number of rotatable bonds is 6. The van der Waals surface area contributed by atoms with E-state index in [9.17, 15) is 0 Å². The van der Waals surface area contributed by atoms with Crippen LogP contribution in [0.25, 0.3) is 11.5 Å². The third-order valence-corrected chi connectivity index (χ3v) is 3.45. The monoisotopic (exact) mass is 297 g/mol. The Balaban J connectivity index is 1.62. The van der Waals surface area contributed by atoms with Crippen molar-refractivity contribution in [3.63, 3.8) is 0 Å². The number of hydrogen-bond donors (Lipinski definition) is 1. The van der Waals surface area contributed by atoms with E-state index in [-0.39, 0.29) is 0 Å². The summed E-state index contributed by atoms with van der Waals surface area (Å²) in [6, 6.07) is 12.3. The van der Waals surface area contributed by atoms with E-state index in [2.05, 4.69) is 22.4 Å². The number of aromatic nitrogens is 2. The van der Waals surface area contributed by atoms with Gasteiger partial charge in [-0.25, -0.2) is 0 Å². The zero-order valence-corrected chi connectivity index (χ0v) is 12.7. The van der Waals surface area contributed by atoms with E-state index < -0.39 is 0 Å². The molecule has 1 aromatic carbocycles. The molecule has 1 N–H and O–H groups in total. The SMILES string of the molecule is Cc1nnc(-c2cccc(N[C@@H](C)CCc3ccco3)c2)o1. The Kier molecular flexibility index (Phi) is 4.23. The topological polar surface area (TPSA) is 64.1 Å². The summed E-state index contributed by atoms with van der Waals surface area (Å²) in [5, 5.41) is 11.4. The lowest BCUT2D eigenvalue weighted by atomic mass is 10.1. The quantitative estimate of drug-likeness (QED) is 0.743. The molecule has 0 aliphatic rings. The van der Waals surface area contributed by atoms with Crippen LogP contribution in [-0.2, 0) is 6.42 Å². The van der Waals surface area contributed by atoms with Gasteiger partial charge in [0.05, 0.1) is 6.26 Å². The molecule has 0 radical (unpaired) electrons. The zero-order chi connectivity index (χ0) is 15.4. The van der Waals surface area contributed by atoms with Gasteiger partial charge in [0.15, 0.2) is 0 Å². The molecule has 3 rings (SSSR count). The molecule has 0 aliphatic heterocycles. The van der Waals surface area contributed by atoms with E-state index >= 15 is 0 Å². The van der Waals surface area contributed by atoms with Crippen LogP contribution in [0.15, 0.2) is 51.5 Å². The Morgan fingerprint density at radius 1 is 1.18 bits per heavy atom. The standard InChI is InChI=1S/C17H19N3O2/c1-12(8-9-16-7-4-10-21-16)18-15-6-3-5-14(11-15)17-20-19-13(2)22-17/h3-7,10-12,18H,8-9H2,1-2H3/t12-/m0/s1. The number of nitrogens with one attached hydrogen (secondary N) is 1. The molecule has 114 valence electrons. The second kappa shape index (κ2) is 6.47. The molecule has 5 heteroatoms. The van der Waals surface area contributed by atoms with Crippen molar-refractivity contribution in [1.29, 1.82) is 0 Å². The average Bonchev–Trinajstić information content (AvgIpc) is 3.17. The Hall–Kier alpha value is -2.56. The van der Waals surface area contributed by atoms with Gasteiger partial charge in [-0.05, 0) is 43.7 Å². The molecule has 5 nitrogen and oxygen atoms in total. The molecule has 1 atom stereocenters. The lowest BCUT2D eigenvalue weighted by Gasteiger charge is -2.15. The molecule has 3 aromatic rings. The minimum atomic E-state index is 0.338. The molecule has 0 saturated carbocycles. The van der Waals surface area contributed by atoms with Gasteiger partial charge in [0.1, 0.15) is 5.76 Å². The Labute approximate surface area is 129 Å². The maximum atomic E-state index is 5.46. The zero-order valence-electron chi connectivity index (χ0n) is 12.7. The summed E-state index contributed by atoms with van der Waals surface area (Å²) in [6.07, 6.45) is 3.63. The van der Waals surface area contributed by atoms with Crippen molar-refractivity contribution in [3.05, 3.63) is 54.3 Å². The lowest BCUT2D eigenvalue weighted by molar-refractivity contribution is 0.495. The van der Waals surface area contributed by atoms with Crippen LogP contribution in [0, 0.1) is 6.92 Å². The largest absolute Gasteiger partial charge is 0.469 e. The molecule has 2 aromatic heterocycles. The van der Waals surface area contributed by atoms with Crippen LogP contribution in [0.5, 0.6) is 0 Å². The molecule has 22 heavy (non-hydrogen) atoms. The van der Waals surface area contributed by atoms with E-state index in [1.807, 2.05) is 36.4 Å². The van der Waals surface area contributed by atoms with Crippen molar-refractivity contribution in [2.24, 2.45) is 0 Å². The van der Waals surface area contributed by atoms with E-state index in [1.54, 1.807) is 13.2 Å². The summed E-state index contributed by atoms with van der Waals surface area (Å²) in [6.45, 7) is 3.95. The highest BCUT2D eigenvalue weighted by Crippen LogP contribution is 2.22. The molecular weight excluding hydrogens is 278 g/mol. The van der Waals surface area contributed by atoms with Gasteiger partial charge in [-0.15, -0.1) is 10.2 Å². The first kappa shape index (κ1) is 14.4. The van der Waals surface area contributed by atoms with E-state index in [4.69, 9.17) is 8.83 Å². The van der Waals surface area contributed by atoms with Gasteiger partial charge < -0.3 is 14.2 Å². The molecule has 0 amide bonds. The molecule has 0 saturated heterocycles. The maximum absolute atomic E-state index is 5.46.